The predicted octanol–water partition coefficient (Wildman–Crippen LogP) is 4.77. The smallest absolute Gasteiger partial charge is 0.264 e. The van der Waals surface area contributed by atoms with Crippen LogP contribution in [0.3, 0.4) is 0 Å². The van der Waals surface area contributed by atoms with Crippen LogP contribution < -0.4 is 19.1 Å². The number of benzene rings is 3. The van der Waals surface area contributed by atoms with E-state index in [-0.39, 0.29) is 29.1 Å². The molecule has 4 rings (SSSR count). The number of anilines is 1. The van der Waals surface area contributed by atoms with Gasteiger partial charge in [0.15, 0.2) is 0 Å². The summed E-state index contributed by atoms with van der Waals surface area (Å²) in [5.41, 5.74) is 1.05. The third-order valence-electron chi connectivity index (χ3n) is 7.58. The molecule has 1 fully saturated rings. The normalized spacial score (nSPS) is 14.5. The Balaban J connectivity index is 1.67. The zero-order chi connectivity index (χ0) is 30.1. The standard InChI is InChI=1S/C32H39N3O6S/c1-24(32(37)33-26-11-6-4-7-12-26)34(22-25-17-19-28(40-2)20-18-25)31(36)23-35(27-13-10-14-29(21-27)41-3)42(38,39)30-15-8-5-9-16-30/h5,8-10,13-21,24,26H,4,6-7,11-12,22-23H2,1-3H3,(H,33,37). The van der Waals surface area contributed by atoms with Crippen molar-refractivity contribution in [3.05, 3.63) is 84.4 Å². The lowest BCUT2D eigenvalue weighted by atomic mass is 9.95. The van der Waals surface area contributed by atoms with Crippen molar-refractivity contribution in [2.75, 3.05) is 25.1 Å². The fourth-order valence-corrected chi connectivity index (χ4v) is 6.52. The van der Waals surface area contributed by atoms with E-state index in [0.29, 0.717) is 11.5 Å². The second-order valence-corrected chi connectivity index (χ2v) is 12.3. The van der Waals surface area contributed by atoms with Crippen molar-refractivity contribution in [2.45, 2.75) is 62.6 Å². The summed E-state index contributed by atoms with van der Waals surface area (Å²) in [6.07, 6.45) is 5.08. The first kappa shape index (κ1) is 30.9. The number of methoxy groups -OCH3 is 2. The summed E-state index contributed by atoms with van der Waals surface area (Å²) >= 11 is 0. The number of carbonyl (C=O) groups excluding carboxylic acids is 2. The fourth-order valence-electron chi connectivity index (χ4n) is 5.09. The number of nitrogens with zero attached hydrogens (tertiary/aromatic N) is 2. The summed E-state index contributed by atoms with van der Waals surface area (Å²) < 4.78 is 39.5. The molecular formula is C32H39N3O6S. The Kier molecular flexibility index (Phi) is 10.5. The Morgan fingerprint density at radius 3 is 2.19 bits per heavy atom. The highest BCUT2D eigenvalue weighted by molar-refractivity contribution is 7.92. The summed E-state index contributed by atoms with van der Waals surface area (Å²) in [4.78, 5) is 29.0. The molecule has 0 bridgehead atoms. The molecule has 42 heavy (non-hydrogen) atoms. The molecule has 0 spiro atoms. The number of carbonyl (C=O) groups is 2. The fraction of sp³-hybridized carbons (Fsp3) is 0.375. The number of amides is 2. The quantitative estimate of drug-likeness (QED) is 0.325. The second kappa shape index (κ2) is 14.2. The number of hydrogen-bond donors (Lipinski definition) is 1. The van der Waals surface area contributed by atoms with Crippen LogP contribution in [0.1, 0.15) is 44.6 Å². The van der Waals surface area contributed by atoms with Gasteiger partial charge in [0.05, 0.1) is 24.8 Å². The Morgan fingerprint density at radius 2 is 1.55 bits per heavy atom. The molecule has 10 heteroatoms. The van der Waals surface area contributed by atoms with Crippen molar-refractivity contribution >= 4 is 27.5 Å². The Morgan fingerprint density at radius 1 is 0.881 bits per heavy atom. The van der Waals surface area contributed by atoms with Crippen molar-refractivity contribution in [3.8, 4) is 11.5 Å². The van der Waals surface area contributed by atoms with Crippen LogP contribution in [0.25, 0.3) is 0 Å². The highest BCUT2D eigenvalue weighted by atomic mass is 32.2. The van der Waals surface area contributed by atoms with Crippen molar-refractivity contribution < 1.29 is 27.5 Å². The number of nitrogens with one attached hydrogen (secondary N) is 1. The highest BCUT2D eigenvalue weighted by Gasteiger charge is 2.33. The van der Waals surface area contributed by atoms with Crippen LogP contribution in [0, 0.1) is 0 Å². The van der Waals surface area contributed by atoms with Crippen LogP contribution in [0.4, 0.5) is 5.69 Å². The second-order valence-electron chi connectivity index (χ2n) is 10.4. The third kappa shape index (κ3) is 7.61. The zero-order valence-electron chi connectivity index (χ0n) is 24.4. The molecule has 3 aromatic rings. The maximum absolute atomic E-state index is 14.1. The van der Waals surface area contributed by atoms with Crippen molar-refractivity contribution in [3.63, 3.8) is 0 Å². The Labute approximate surface area is 248 Å². The maximum atomic E-state index is 14.1. The third-order valence-corrected chi connectivity index (χ3v) is 9.37. The number of rotatable bonds is 12. The van der Waals surface area contributed by atoms with E-state index in [1.807, 2.05) is 12.1 Å². The molecule has 0 aromatic heterocycles. The molecule has 9 nitrogen and oxygen atoms in total. The van der Waals surface area contributed by atoms with Gasteiger partial charge in [0.25, 0.3) is 10.0 Å². The van der Waals surface area contributed by atoms with E-state index in [2.05, 4.69) is 5.32 Å². The average molecular weight is 594 g/mol. The molecule has 3 aromatic carbocycles. The molecule has 0 saturated heterocycles. The lowest BCUT2D eigenvalue weighted by molar-refractivity contribution is -0.139. The van der Waals surface area contributed by atoms with Crippen LogP contribution in [0.15, 0.2) is 83.8 Å². The van der Waals surface area contributed by atoms with E-state index >= 15 is 0 Å². The minimum Gasteiger partial charge on any atom is -0.497 e. The van der Waals surface area contributed by atoms with Gasteiger partial charge in [0.2, 0.25) is 11.8 Å². The topological polar surface area (TPSA) is 105 Å². The number of hydrogen-bond acceptors (Lipinski definition) is 6. The molecule has 1 saturated carbocycles. The van der Waals surface area contributed by atoms with E-state index in [0.717, 1.165) is 42.0 Å². The highest BCUT2D eigenvalue weighted by Crippen LogP contribution is 2.28. The average Bonchev–Trinajstić information content (AvgIpc) is 3.03. The molecule has 1 atom stereocenters. The lowest BCUT2D eigenvalue weighted by Crippen LogP contribution is -2.53. The molecule has 0 aliphatic heterocycles. The van der Waals surface area contributed by atoms with E-state index in [4.69, 9.17) is 9.47 Å². The number of sulfonamides is 1. The molecule has 2 amide bonds. The first-order valence-corrected chi connectivity index (χ1v) is 15.6. The maximum Gasteiger partial charge on any atom is 0.264 e. The SMILES string of the molecule is COc1ccc(CN(C(=O)CN(c2cccc(OC)c2)S(=O)(=O)c2ccccc2)C(C)C(=O)NC2CCCCC2)cc1. The summed E-state index contributed by atoms with van der Waals surface area (Å²) in [6, 6.07) is 21.0. The summed E-state index contributed by atoms with van der Waals surface area (Å²) in [5.74, 6) is 0.337. The minimum absolute atomic E-state index is 0.0467. The molecule has 224 valence electrons. The van der Waals surface area contributed by atoms with Crippen molar-refractivity contribution in [1.82, 2.24) is 10.2 Å². The predicted molar refractivity (Wildman–Crippen MR) is 162 cm³/mol. The van der Waals surface area contributed by atoms with Gasteiger partial charge < -0.3 is 19.7 Å². The zero-order valence-corrected chi connectivity index (χ0v) is 25.2. The molecule has 1 unspecified atom stereocenters. The van der Waals surface area contributed by atoms with Gasteiger partial charge in [-0.1, -0.05) is 55.7 Å². The van der Waals surface area contributed by atoms with E-state index in [1.54, 1.807) is 68.6 Å². The molecule has 1 aliphatic rings. The Hall–Kier alpha value is -4.05. The van der Waals surface area contributed by atoms with Gasteiger partial charge in [-0.15, -0.1) is 0 Å². The van der Waals surface area contributed by atoms with Crippen LogP contribution >= 0.6 is 0 Å². The molecular weight excluding hydrogens is 554 g/mol. The summed E-state index contributed by atoms with van der Waals surface area (Å²) in [5, 5.41) is 3.11. The first-order chi connectivity index (χ1) is 20.2. The van der Waals surface area contributed by atoms with Gasteiger partial charge >= 0.3 is 0 Å². The van der Waals surface area contributed by atoms with E-state index in [9.17, 15) is 18.0 Å². The van der Waals surface area contributed by atoms with Gasteiger partial charge in [-0.05, 0) is 61.7 Å². The summed E-state index contributed by atoms with van der Waals surface area (Å²) in [7, 11) is -1.08. The van der Waals surface area contributed by atoms with Crippen LogP contribution in [0.2, 0.25) is 0 Å². The van der Waals surface area contributed by atoms with Gasteiger partial charge in [-0.25, -0.2) is 8.42 Å². The largest absolute Gasteiger partial charge is 0.497 e. The monoisotopic (exact) mass is 593 g/mol. The van der Waals surface area contributed by atoms with Crippen LogP contribution in [-0.4, -0.2) is 58.0 Å². The molecule has 0 radical (unpaired) electrons. The van der Waals surface area contributed by atoms with Crippen molar-refractivity contribution in [2.24, 2.45) is 0 Å². The van der Waals surface area contributed by atoms with E-state index in [1.165, 1.54) is 24.1 Å². The van der Waals surface area contributed by atoms with Crippen LogP contribution in [-0.2, 0) is 26.2 Å². The van der Waals surface area contributed by atoms with Gasteiger partial charge in [-0.3, -0.25) is 13.9 Å². The Bertz CT molecular complexity index is 1440. The van der Waals surface area contributed by atoms with E-state index < -0.39 is 28.5 Å². The van der Waals surface area contributed by atoms with Gasteiger partial charge in [0.1, 0.15) is 24.1 Å². The molecule has 0 heterocycles. The number of ether oxygens (including phenoxy) is 2. The van der Waals surface area contributed by atoms with Crippen molar-refractivity contribution in [1.29, 1.82) is 0 Å². The summed E-state index contributed by atoms with van der Waals surface area (Å²) in [6.45, 7) is 1.28. The van der Waals surface area contributed by atoms with Gasteiger partial charge in [-0.2, -0.15) is 0 Å². The molecule has 1 N–H and O–H groups in total. The van der Waals surface area contributed by atoms with Gasteiger partial charge in [0, 0.05) is 18.7 Å². The molecule has 1 aliphatic carbocycles. The minimum atomic E-state index is -4.14. The lowest BCUT2D eigenvalue weighted by Gasteiger charge is -2.33. The first-order valence-electron chi connectivity index (χ1n) is 14.2. The van der Waals surface area contributed by atoms with Crippen LogP contribution in [0.5, 0.6) is 11.5 Å².